The lowest BCUT2D eigenvalue weighted by Gasteiger charge is -2.15. The van der Waals surface area contributed by atoms with Crippen LogP contribution in [0.2, 0.25) is 0 Å². The van der Waals surface area contributed by atoms with Crippen LogP contribution in [0, 0.1) is 31.1 Å². The number of rotatable bonds is 6. The zero-order valence-electron chi connectivity index (χ0n) is 13.9. The minimum absolute atomic E-state index is 0.0487. The van der Waals surface area contributed by atoms with Crippen molar-refractivity contribution in [1.29, 1.82) is 5.26 Å². The molecular formula is C16H24N4O2. The van der Waals surface area contributed by atoms with Gasteiger partial charge in [-0.05, 0) is 45.1 Å². The van der Waals surface area contributed by atoms with Crippen LogP contribution in [0.1, 0.15) is 50.4 Å². The molecule has 6 heteroatoms. The Morgan fingerprint density at radius 2 is 1.95 bits per heavy atom. The van der Waals surface area contributed by atoms with E-state index in [1.165, 1.54) is 0 Å². The van der Waals surface area contributed by atoms with Crippen molar-refractivity contribution in [2.75, 3.05) is 0 Å². The number of nitriles is 1. The van der Waals surface area contributed by atoms with Crippen LogP contribution in [0.25, 0.3) is 0 Å². The molecular weight excluding hydrogens is 280 g/mol. The average Bonchev–Trinajstić information content (AvgIpc) is 2.43. The molecule has 0 bridgehead atoms. The lowest BCUT2D eigenvalue weighted by atomic mass is 10.0. The molecule has 0 saturated heterocycles. The molecule has 1 amide bonds. The molecule has 0 fully saturated rings. The summed E-state index contributed by atoms with van der Waals surface area (Å²) in [5.41, 5.74) is 0.676. The molecule has 0 aliphatic heterocycles. The van der Waals surface area contributed by atoms with Crippen LogP contribution < -0.4 is 10.9 Å². The third kappa shape index (κ3) is 4.69. The molecule has 0 saturated carbocycles. The highest BCUT2D eigenvalue weighted by Gasteiger charge is 2.15. The van der Waals surface area contributed by atoms with Crippen molar-refractivity contribution in [2.24, 2.45) is 5.92 Å². The molecule has 1 aromatic heterocycles. The Hall–Kier alpha value is -2.16. The van der Waals surface area contributed by atoms with Gasteiger partial charge in [-0.25, -0.2) is 4.68 Å². The molecule has 1 N–H and O–H groups in total. The van der Waals surface area contributed by atoms with Gasteiger partial charge in [0.25, 0.3) is 5.56 Å². The van der Waals surface area contributed by atoms with Gasteiger partial charge in [0.15, 0.2) is 0 Å². The fourth-order valence-corrected chi connectivity index (χ4v) is 2.12. The monoisotopic (exact) mass is 304 g/mol. The van der Waals surface area contributed by atoms with Crippen LogP contribution in [0.5, 0.6) is 0 Å². The highest BCUT2D eigenvalue weighted by Crippen LogP contribution is 2.07. The van der Waals surface area contributed by atoms with Gasteiger partial charge in [0.2, 0.25) is 5.91 Å². The van der Waals surface area contributed by atoms with Crippen molar-refractivity contribution in [2.45, 2.75) is 60.0 Å². The SMILES string of the molecule is Cc1nn(CC(=O)N[C@@H](C)CCC(C)C)c(=O)c(C#N)c1C. The van der Waals surface area contributed by atoms with E-state index in [0.29, 0.717) is 17.2 Å². The largest absolute Gasteiger partial charge is 0.352 e. The fourth-order valence-electron chi connectivity index (χ4n) is 2.12. The van der Waals surface area contributed by atoms with Crippen LogP contribution in [0.4, 0.5) is 0 Å². The van der Waals surface area contributed by atoms with Crippen molar-refractivity contribution in [3.8, 4) is 6.07 Å². The van der Waals surface area contributed by atoms with Crippen molar-refractivity contribution in [1.82, 2.24) is 15.1 Å². The molecule has 120 valence electrons. The van der Waals surface area contributed by atoms with Crippen LogP contribution in [0.3, 0.4) is 0 Å². The van der Waals surface area contributed by atoms with Crippen molar-refractivity contribution in [3.63, 3.8) is 0 Å². The zero-order chi connectivity index (χ0) is 16.9. The van der Waals surface area contributed by atoms with Crippen molar-refractivity contribution < 1.29 is 4.79 Å². The molecule has 0 radical (unpaired) electrons. The topological polar surface area (TPSA) is 87.8 Å². The Morgan fingerprint density at radius 3 is 2.50 bits per heavy atom. The van der Waals surface area contributed by atoms with Gasteiger partial charge in [-0.2, -0.15) is 10.4 Å². The Bertz CT molecular complexity index is 641. The zero-order valence-corrected chi connectivity index (χ0v) is 13.9. The molecule has 0 aliphatic rings. The van der Waals surface area contributed by atoms with E-state index in [0.717, 1.165) is 17.5 Å². The van der Waals surface area contributed by atoms with Gasteiger partial charge in [-0.1, -0.05) is 13.8 Å². The first-order valence-corrected chi connectivity index (χ1v) is 7.54. The highest BCUT2D eigenvalue weighted by atomic mass is 16.2. The maximum absolute atomic E-state index is 12.1. The van der Waals surface area contributed by atoms with Crippen LogP contribution in [0.15, 0.2) is 4.79 Å². The third-order valence-electron chi connectivity index (χ3n) is 3.63. The summed E-state index contributed by atoms with van der Waals surface area (Å²) in [4.78, 5) is 24.1. The molecule has 1 atom stereocenters. The summed E-state index contributed by atoms with van der Waals surface area (Å²) in [6.45, 7) is 9.45. The molecule has 0 aromatic carbocycles. The van der Waals surface area contributed by atoms with E-state index in [4.69, 9.17) is 5.26 Å². The number of carbonyl (C=O) groups is 1. The molecule has 0 spiro atoms. The molecule has 1 aromatic rings. The number of hydrogen-bond donors (Lipinski definition) is 1. The van der Waals surface area contributed by atoms with Gasteiger partial charge < -0.3 is 5.32 Å². The van der Waals surface area contributed by atoms with Gasteiger partial charge in [0, 0.05) is 6.04 Å². The maximum atomic E-state index is 12.1. The molecule has 1 rings (SSSR count). The number of aromatic nitrogens is 2. The van der Waals surface area contributed by atoms with Gasteiger partial charge in [-0.15, -0.1) is 0 Å². The number of hydrogen-bond acceptors (Lipinski definition) is 4. The summed E-state index contributed by atoms with van der Waals surface area (Å²) in [7, 11) is 0. The predicted molar refractivity (Wildman–Crippen MR) is 84.4 cm³/mol. The second kappa shape index (κ2) is 7.74. The normalized spacial score (nSPS) is 12.0. The van der Waals surface area contributed by atoms with E-state index in [9.17, 15) is 9.59 Å². The molecule has 1 heterocycles. The maximum Gasteiger partial charge on any atom is 0.285 e. The van der Waals surface area contributed by atoms with Gasteiger partial charge in [-0.3, -0.25) is 9.59 Å². The van der Waals surface area contributed by atoms with Gasteiger partial charge in [0.05, 0.1) is 5.69 Å². The van der Waals surface area contributed by atoms with E-state index in [1.54, 1.807) is 13.8 Å². The second-order valence-electron chi connectivity index (χ2n) is 6.10. The number of amides is 1. The highest BCUT2D eigenvalue weighted by molar-refractivity contribution is 5.75. The Balaban J connectivity index is 2.80. The fraction of sp³-hybridized carbons (Fsp3) is 0.625. The third-order valence-corrected chi connectivity index (χ3v) is 3.63. The first kappa shape index (κ1) is 17.9. The minimum atomic E-state index is -0.518. The Kier molecular flexibility index (Phi) is 6.29. The molecule has 0 aliphatic carbocycles. The summed E-state index contributed by atoms with van der Waals surface area (Å²) < 4.78 is 1.06. The van der Waals surface area contributed by atoms with Crippen LogP contribution in [-0.2, 0) is 11.3 Å². The first-order chi connectivity index (χ1) is 10.3. The summed E-state index contributed by atoms with van der Waals surface area (Å²) in [6, 6.07) is 1.94. The van der Waals surface area contributed by atoms with Gasteiger partial charge in [0.1, 0.15) is 18.2 Å². The van der Waals surface area contributed by atoms with Crippen LogP contribution in [-0.4, -0.2) is 21.7 Å². The smallest absolute Gasteiger partial charge is 0.285 e. The molecule has 22 heavy (non-hydrogen) atoms. The molecule has 6 nitrogen and oxygen atoms in total. The van der Waals surface area contributed by atoms with E-state index >= 15 is 0 Å². The van der Waals surface area contributed by atoms with E-state index < -0.39 is 5.56 Å². The van der Waals surface area contributed by atoms with E-state index in [2.05, 4.69) is 24.3 Å². The Labute approximate surface area is 131 Å². The summed E-state index contributed by atoms with van der Waals surface area (Å²) in [5.74, 6) is 0.319. The summed E-state index contributed by atoms with van der Waals surface area (Å²) in [5, 5.41) is 16.0. The van der Waals surface area contributed by atoms with E-state index in [-0.39, 0.29) is 24.1 Å². The quantitative estimate of drug-likeness (QED) is 0.866. The number of carbonyl (C=O) groups excluding carboxylic acids is 1. The lowest BCUT2D eigenvalue weighted by molar-refractivity contribution is -0.122. The first-order valence-electron chi connectivity index (χ1n) is 7.54. The minimum Gasteiger partial charge on any atom is -0.352 e. The number of nitrogens with one attached hydrogen (secondary N) is 1. The van der Waals surface area contributed by atoms with Crippen molar-refractivity contribution >= 4 is 5.91 Å². The van der Waals surface area contributed by atoms with E-state index in [1.807, 2.05) is 13.0 Å². The van der Waals surface area contributed by atoms with Gasteiger partial charge >= 0.3 is 0 Å². The second-order valence-corrected chi connectivity index (χ2v) is 6.10. The summed E-state index contributed by atoms with van der Waals surface area (Å²) >= 11 is 0. The standard InChI is InChI=1S/C16H24N4O2/c1-10(2)6-7-11(3)18-15(21)9-20-16(22)14(8-17)12(4)13(5)19-20/h10-11H,6-7,9H2,1-5H3,(H,18,21)/t11-/m0/s1. The van der Waals surface area contributed by atoms with Crippen LogP contribution >= 0.6 is 0 Å². The predicted octanol–water partition coefficient (Wildman–Crippen LogP) is 1.67. The lowest BCUT2D eigenvalue weighted by Crippen LogP contribution is -2.39. The molecule has 0 unspecified atom stereocenters. The number of nitrogens with zero attached hydrogens (tertiary/aromatic N) is 3. The summed E-state index contributed by atoms with van der Waals surface area (Å²) in [6.07, 6.45) is 1.92. The average molecular weight is 304 g/mol. The Morgan fingerprint density at radius 1 is 1.32 bits per heavy atom. The number of aryl methyl sites for hydroxylation is 1. The van der Waals surface area contributed by atoms with Crippen molar-refractivity contribution in [3.05, 3.63) is 27.2 Å².